The maximum absolute atomic E-state index is 12.4. The summed E-state index contributed by atoms with van der Waals surface area (Å²) >= 11 is 0. The number of hydrogen-bond donors (Lipinski definition) is 1. The SMILES string of the molecule is O=C(CC1CCCCC1)NCC(=O)N1CCN(C(=O)CCCc2ccccc2)CC1. The molecule has 2 fully saturated rings. The van der Waals surface area contributed by atoms with E-state index in [0.717, 1.165) is 25.7 Å². The van der Waals surface area contributed by atoms with Crippen molar-refractivity contribution < 1.29 is 14.4 Å². The number of aryl methyl sites for hydroxylation is 1. The summed E-state index contributed by atoms with van der Waals surface area (Å²) in [7, 11) is 0. The minimum Gasteiger partial charge on any atom is -0.347 e. The van der Waals surface area contributed by atoms with Gasteiger partial charge in [0.15, 0.2) is 0 Å². The van der Waals surface area contributed by atoms with Gasteiger partial charge >= 0.3 is 0 Å². The first-order valence-electron chi connectivity index (χ1n) is 11.5. The van der Waals surface area contributed by atoms with Crippen molar-refractivity contribution >= 4 is 17.7 Å². The van der Waals surface area contributed by atoms with Crippen LogP contribution in [0.15, 0.2) is 30.3 Å². The number of benzene rings is 1. The molecule has 30 heavy (non-hydrogen) atoms. The summed E-state index contributed by atoms with van der Waals surface area (Å²) in [5.41, 5.74) is 1.26. The Bertz CT molecular complexity index is 693. The highest BCUT2D eigenvalue weighted by Gasteiger charge is 2.24. The van der Waals surface area contributed by atoms with Gasteiger partial charge in [0, 0.05) is 39.0 Å². The van der Waals surface area contributed by atoms with Gasteiger partial charge in [-0.1, -0.05) is 49.6 Å². The molecule has 0 bridgehead atoms. The van der Waals surface area contributed by atoms with Gasteiger partial charge in [0.2, 0.25) is 17.7 Å². The van der Waals surface area contributed by atoms with Crippen LogP contribution in [-0.2, 0) is 20.8 Å². The Kier molecular flexibility index (Phi) is 8.72. The molecule has 3 amide bonds. The molecule has 1 aromatic rings. The highest BCUT2D eigenvalue weighted by atomic mass is 16.2. The third-order valence-corrected chi connectivity index (χ3v) is 6.32. The highest BCUT2D eigenvalue weighted by Crippen LogP contribution is 2.26. The standard InChI is InChI=1S/C24H35N3O3/c28-22(18-21-10-5-2-6-11-21)25-19-24(30)27-16-14-26(15-17-27)23(29)13-7-12-20-8-3-1-4-9-20/h1,3-4,8-9,21H,2,5-7,10-19H2,(H,25,28). The molecular formula is C24H35N3O3. The van der Waals surface area contributed by atoms with Gasteiger partial charge < -0.3 is 15.1 Å². The second-order valence-corrected chi connectivity index (χ2v) is 8.59. The lowest BCUT2D eigenvalue weighted by Gasteiger charge is -2.35. The van der Waals surface area contributed by atoms with Gasteiger partial charge in [-0.05, 0) is 37.2 Å². The van der Waals surface area contributed by atoms with Crippen LogP contribution in [0.5, 0.6) is 0 Å². The van der Waals surface area contributed by atoms with Gasteiger partial charge in [-0.3, -0.25) is 14.4 Å². The van der Waals surface area contributed by atoms with Gasteiger partial charge in [0.25, 0.3) is 0 Å². The van der Waals surface area contributed by atoms with Crippen LogP contribution in [0.2, 0.25) is 0 Å². The largest absolute Gasteiger partial charge is 0.347 e. The van der Waals surface area contributed by atoms with Crippen LogP contribution in [0.1, 0.15) is 56.9 Å². The molecule has 1 heterocycles. The lowest BCUT2D eigenvalue weighted by atomic mass is 9.87. The Balaban J connectivity index is 1.29. The van der Waals surface area contributed by atoms with Crippen LogP contribution in [-0.4, -0.2) is 60.2 Å². The Labute approximate surface area is 180 Å². The van der Waals surface area contributed by atoms with Crippen molar-refractivity contribution in [2.75, 3.05) is 32.7 Å². The molecule has 0 spiro atoms. The van der Waals surface area contributed by atoms with E-state index < -0.39 is 0 Å². The Morgan fingerprint density at radius 2 is 1.50 bits per heavy atom. The molecule has 1 aliphatic carbocycles. The minimum atomic E-state index is -0.0526. The molecule has 0 unspecified atom stereocenters. The molecule has 1 aliphatic heterocycles. The summed E-state index contributed by atoms with van der Waals surface area (Å²) in [6, 6.07) is 10.2. The monoisotopic (exact) mass is 413 g/mol. The first kappa shape index (κ1) is 22.3. The van der Waals surface area contributed by atoms with Crippen molar-refractivity contribution in [3.05, 3.63) is 35.9 Å². The maximum atomic E-state index is 12.4. The number of nitrogens with zero attached hydrogens (tertiary/aromatic N) is 2. The molecule has 0 radical (unpaired) electrons. The van der Waals surface area contributed by atoms with Crippen molar-refractivity contribution in [2.24, 2.45) is 5.92 Å². The van der Waals surface area contributed by atoms with E-state index in [-0.39, 0.29) is 24.3 Å². The number of piperazine rings is 1. The molecule has 1 aromatic carbocycles. The van der Waals surface area contributed by atoms with Crippen molar-refractivity contribution in [2.45, 2.75) is 57.8 Å². The summed E-state index contributed by atoms with van der Waals surface area (Å²) in [6.07, 6.45) is 8.79. The third-order valence-electron chi connectivity index (χ3n) is 6.32. The molecule has 6 heteroatoms. The fourth-order valence-corrected chi connectivity index (χ4v) is 4.46. The van der Waals surface area contributed by atoms with E-state index in [0.29, 0.717) is 44.9 Å². The quantitative estimate of drug-likeness (QED) is 0.712. The molecule has 6 nitrogen and oxygen atoms in total. The molecular weight excluding hydrogens is 378 g/mol. The Morgan fingerprint density at radius 1 is 0.867 bits per heavy atom. The normalized spacial score (nSPS) is 17.6. The molecule has 2 aliphatic rings. The zero-order valence-electron chi connectivity index (χ0n) is 18.0. The number of nitrogens with one attached hydrogen (secondary N) is 1. The smallest absolute Gasteiger partial charge is 0.242 e. The number of carbonyl (C=O) groups is 3. The average Bonchev–Trinajstić information content (AvgIpc) is 2.79. The van der Waals surface area contributed by atoms with Crippen molar-refractivity contribution in [3.63, 3.8) is 0 Å². The van der Waals surface area contributed by atoms with Crippen LogP contribution in [0, 0.1) is 5.92 Å². The second kappa shape index (κ2) is 11.7. The van der Waals surface area contributed by atoms with Gasteiger partial charge in [-0.2, -0.15) is 0 Å². The first-order chi connectivity index (χ1) is 14.6. The Hall–Kier alpha value is -2.37. The molecule has 1 N–H and O–H groups in total. The van der Waals surface area contributed by atoms with E-state index in [2.05, 4.69) is 17.4 Å². The summed E-state index contributed by atoms with van der Waals surface area (Å²) in [5.74, 6) is 0.578. The van der Waals surface area contributed by atoms with Gasteiger partial charge in [-0.25, -0.2) is 0 Å². The molecule has 3 rings (SSSR count). The minimum absolute atomic E-state index is 0.0116. The number of hydrogen-bond acceptors (Lipinski definition) is 3. The van der Waals surface area contributed by atoms with Crippen LogP contribution >= 0.6 is 0 Å². The van der Waals surface area contributed by atoms with E-state index in [1.165, 1.54) is 24.8 Å². The summed E-state index contributed by atoms with van der Waals surface area (Å²) < 4.78 is 0. The summed E-state index contributed by atoms with van der Waals surface area (Å²) in [6.45, 7) is 2.30. The predicted molar refractivity (Wildman–Crippen MR) is 117 cm³/mol. The average molecular weight is 414 g/mol. The zero-order valence-corrected chi connectivity index (χ0v) is 18.0. The zero-order chi connectivity index (χ0) is 21.2. The topological polar surface area (TPSA) is 69.7 Å². The summed E-state index contributed by atoms with van der Waals surface area (Å²) in [4.78, 5) is 40.6. The van der Waals surface area contributed by atoms with Crippen molar-refractivity contribution in [1.29, 1.82) is 0 Å². The van der Waals surface area contributed by atoms with Crippen LogP contribution in [0.4, 0.5) is 0 Å². The van der Waals surface area contributed by atoms with E-state index in [4.69, 9.17) is 0 Å². The molecule has 1 saturated heterocycles. The fraction of sp³-hybridized carbons (Fsp3) is 0.625. The van der Waals surface area contributed by atoms with E-state index >= 15 is 0 Å². The Morgan fingerprint density at radius 3 is 2.17 bits per heavy atom. The van der Waals surface area contributed by atoms with E-state index in [1.54, 1.807) is 4.90 Å². The molecule has 0 atom stereocenters. The summed E-state index contributed by atoms with van der Waals surface area (Å²) in [5, 5.41) is 2.79. The number of amides is 3. The maximum Gasteiger partial charge on any atom is 0.242 e. The predicted octanol–water partition coefficient (Wildman–Crippen LogP) is 2.77. The van der Waals surface area contributed by atoms with Gasteiger partial charge in [0.1, 0.15) is 0 Å². The second-order valence-electron chi connectivity index (χ2n) is 8.59. The molecule has 0 aromatic heterocycles. The highest BCUT2D eigenvalue weighted by molar-refractivity contribution is 5.85. The lowest BCUT2D eigenvalue weighted by molar-refractivity contribution is -0.139. The fourth-order valence-electron chi connectivity index (χ4n) is 4.46. The van der Waals surface area contributed by atoms with Crippen molar-refractivity contribution in [1.82, 2.24) is 15.1 Å². The van der Waals surface area contributed by atoms with Gasteiger partial charge in [-0.15, -0.1) is 0 Å². The van der Waals surface area contributed by atoms with Crippen LogP contribution in [0.25, 0.3) is 0 Å². The van der Waals surface area contributed by atoms with Crippen LogP contribution in [0.3, 0.4) is 0 Å². The van der Waals surface area contributed by atoms with Gasteiger partial charge in [0.05, 0.1) is 6.54 Å². The molecule has 164 valence electrons. The van der Waals surface area contributed by atoms with E-state index in [9.17, 15) is 14.4 Å². The van der Waals surface area contributed by atoms with Crippen LogP contribution < -0.4 is 5.32 Å². The van der Waals surface area contributed by atoms with E-state index in [1.807, 2.05) is 23.1 Å². The number of rotatable bonds is 8. The number of carbonyl (C=O) groups excluding carboxylic acids is 3. The lowest BCUT2D eigenvalue weighted by Crippen LogP contribution is -2.52. The first-order valence-corrected chi connectivity index (χ1v) is 11.5. The van der Waals surface area contributed by atoms with Crippen molar-refractivity contribution in [3.8, 4) is 0 Å². The molecule has 1 saturated carbocycles. The third kappa shape index (κ3) is 7.15.